The topological polar surface area (TPSA) is 26.3 Å². The summed E-state index contributed by atoms with van der Waals surface area (Å²) in [5, 5.41) is 0. The van der Waals surface area contributed by atoms with E-state index in [0.29, 0.717) is 6.29 Å². The summed E-state index contributed by atoms with van der Waals surface area (Å²) in [7, 11) is 1.37. The quantitative estimate of drug-likeness (QED) is 0.788. The molecule has 0 saturated carbocycles. The third-order valence-electron chi connectivity index (χ3n) is 2.88. The molecule has 0 bridgehead atoms. The van der Waals surface area contributed by atoms with Gasteiger partial charge in [-0.05, 0) is 29.8 Å². The Hall–Kier alpha value is -2.30. The van der Waals surface area contributed by atoms with Crippen molar-refractivity contribution in [1.29, 1.82) is 0 Å². The van der Waals surface area contributed by atoms with E-state index in [2.05, 4.69) is 0 Å². The molecule has 0 amide bonds. The van der Waals surface area contributed by atoms with Gasteiger partial charge in [0.25, 0.3) is 0 Å². The zero-order valence-corrected chi connectivity index (χ0v) is 10.6. The molecule has 0 radical (unpaired) electrons. The first-order valence-corrected chi connectivity index (χ1v) is 5.77. The molecule has 0 atom stereocenters. The highest BCUT2D eigenvalue weighted by Crippen LogP contribution is 2.40. The lowest BCUT2D eigenvalue weighted by molar-refractivity contribution is -0.137. The Bertz CT molecular complexity index is 633. The van der Waals surface area contributed by atoms with Crippen LogP contribution in [0.15, 0.2) is 42.5 Å². The summed E-state index contributed by atoms with van der Waals surface area (Å²) in [4.78, 5) is 10.8. The number of ether oxygens (including phenoxy) is 1. The minimum atomic E-state index is -4.47. The van der Waals surface area contributed by atoms with Gasteiger partial charge in [-0.3, -0.25) is 4.79 Å². The Balaban J connectivity index is 2.71. The van der Waals surface area contributed by atoms with Crippen LogP contribution in [0.2, 0.25) is 0 Å². The molecule has 0 unspecified atom stereocenters. The van der Waals surface area contributed by atoms with Crippen LogP contribution in [0.4, 0.5) is 13.2 Å². The van der Waals surface area contributed by atoms with Crippen LogP contribution in [0.1, 0.15) is 15.9 Å². The van der Waals surface area contributed by atoms with Gasteiger partial charge >= 0.3 is 6.18 Å². The van der Waals surface area contributed by atoms with E-state index in [9.17, 15) is 18.0 Å². The van der Waals surface area contributed by atoms with E-state index in [0.717, 1.165) is 6.07 Å². The SMILES string of the molecule is COc1ccc(C=O)cc1-c1ccccc1C(F)(F)F. The lowest BCUT2D eigenvalue weighted by Crippen LogP contribution is -2.07. The molecular formula is C15H11F3O2. The number of carbonyl (C=O) groups is 1. The average molecular weight is 280 g/mol. The zero-order chi connectivity index (χ0) is 14.8. The zero-order valence-electron chi connectivity index (χ0n) is 10.6. The van der Waals surface area contributed by atoms with Gasteiger partial charge in [0.2, 0.25) is 0 Å². The molecule has 0 aromatic heterocycles. The molecule has 0 spiro atoms. The van der Waals surface area contributed by atoms with Crippen molar-refractivity contribution >= 4 is 6.29 Å². The Morgan fingerprint density at radius 1 is 1.05 bits per heavy atom. The number of aldehydes is 1. The Morgan fingerprint density at radius 2 is 1.75 bits per heavy atom. The molecule has 0 aliphatic carbocycles. The smallest absolute Gasteiger partial charge is 0.417 e. The second-order valence-corrected chi connectivity index (χ2v) is 4.12. The first-order valence-electron chi connectivity index (χ1n) is 5.77. The summed E-state index contributed by atoms with van der Waals surface area (Å²) in [5.74, 6) is 0.285. The molecule has 2 aromatic rings. The fourth-order valence-corrected chi connectivity index (χ4v) is 1.97. The van der Waals surface area contributed by atoms with E-state index in [1.54, 1.807) is 0 Å². The van der Waals surface area contributed by atoms with Crippen molar-refractivity contribution in [3.8, 4) is 16.9 Å². The lowest BCUT2D eigenvalue weighted by Gasteiger charge is -2.15. The molecule has 5 heteroatoms. The average Bonchev–Trinajstić information content (AvgIpc) is 2.45. The van der Waals surface area contributed by atoms with E-state index in [1.165, 1.54) is 43.5 Å². The Morgan fingerprint density at radius 3 is 2.35 bits per heavy atom. The molecule has 20 heavy (non-hydrogen) atoms. The molecule has 0 N–H and O–H groups in total. The minimum absolute atomic E-state index is 0.0134. The molecule has 0 saturated heterocycles. The van der Waals surface area contributed by atoms with Crippen molar-refractivity contribution < 1.29 is 22.7 Å². The predicted molar refractivity (Wildman–Crippen MR) is 68.8 cm³/mol. The number of rotatable bonds is 3. The van der Waals surface area contributed by atoms with E-state index < -0.39 is 11.7 Å². The number of methoxy groups -OCH3 is 1. The highest BCUT2D eigenvalue weighted by atomic mass is 19.4. The maximum atomic E-state index is 13.0. The van der Waals surface area contributed by atoms with Gasteiger partial charge in [-0.1, -0.05) is 18.2 Å². The van der Waals surface area contributed by atoms with Gasteiger partial charge in [-0.25, -0.2) is 0 Å². The molecular weight excluding hydrogens is 269 g/mol. The Kier molecular flexibility index (Phi) is 3.79. The summed E-state index contributed by atoms with van der Waals surface area (Å²) in [5.41, 5.74) is -0.246. The molecule has 2 aromatic carbocycles. The molecule has 2 rings (SSSR count). The first kappa shape index (κ1) is 14.1. The van der Waals surface area contributed by atoms with Crippen LogP contribution in [-0.2, 0) is 6.18 Å². The van der Waals surface area contributed by atoms with Crippen molar-refractivity contribution in [2.75, 3.05) is 7.11 Å². The number of alkyl halides is 3. The maximum absolute atomic E-state index is 13.0. The molecule has 0 aliphatic rings. The first-order chi connectivity index (χ1) is 9.47. The van der Waals surface area contributed by atoms with Crippen LogP contribution < -0.4 is 4.74 Å². The highest BCUT2D eigenvalue weighted by molar-refractivity contribution is 5.82. The van der Waals surface area contributed by atoms with Crippen molar-refractivity contribution in [3.63, 3.8) is 0 Å². The minimum Gasteiger partial charge on any atom is -0.496 e. The van der Waals surface area contributed by atoms with Crippen LogP contribution in [0.25, 0.3) is 11.1 Å². The van der Waals surface area contributed by atoms with Crippen LogP contribution in [0.5, 0.6) is 5.75 Å². The van der Waals surface area contributed by atoms with Crippen LogP contribution >= 0.6 is 0 Å². The summed E-state index contributed by atoms with van der Waals surface area (Å²) in [6.45, 7) is 0. The third kappa shape index (κ3) is 2.66. The number of benzene rings is 2. The van der Waals surface area contributed by atoms with Crippen molar-refractivity contribution in [1.82, 2.24) is 0 Å². The lowest BCUT2D eigenvalue weighted by atomic mass is 9.97. The molecule has 0 aliphatic heterocycles. The van der Waals surface area contributed by atoms with Gasteiger partial charge in [0.15, 0.2) is 0 Å². The summed E-state index contributed by atoms with van der Waals surface area (Å²) in [6.07, 6.45) is -3.89. The van der Waals surface area contributed by atoms with Crippen molar-refractivity contribution in [3.05, 3.63) is 53.6 Å². The fourth-order valence-electron chi connectivity index (χ4n) is 1.97. The predicted octanol–water partition coefficient (Wildman–Crippen LogP) is 4.19. The van der Waals surface area contributed by atoms with E-state index in [4.69, 9.17) is 4.74 Å². The number of hydrogen-bond donors (Lipinski definition) is 0. The Labute approximate surface area is 113 Å². The number of halogens is 3. The van der Waals surface area contributed by atoms with Gasteiger partial charge in [0.1, 0.15) is 12.0 Å². The summed E-state index contributed by atoms with van der Waals surface area (Å²) in [6, 6.07) is 9.55. The van der Waals surface area contributed by atoms with Gasteiger partial charge in [-0.2, -0.15) is 13.2 Å². The molecule has 0 heterocycles. The molecule has 0 fully saturated rings. The van der Waals surface area contributed by atoms with E-state index in [1.807, 2.05) is 0 Å². The van der Waals surface area contributed by atoms with E-state index >= 15 is 0 Å². The standard InChI is InChI=1S/C15H11F3O2/c1-20-14-7-6-10(9-19)8-12(14)11-4-2-3-5-13(11)15(16,17)18/h2-9H,1H3. The van der Waals surface area contributed by atoms with Gasteiger partial charge < -0.3 is 4.74 Å². The molecule has 2 nitrogen and oxygen atoms in total. The van der Waals surface area contributed by atoms with E-state index in [-0.39, 0.29) is 22.4 Å². The summed E-state index contributed by atoms with van der Waals surface area (Å²) < 4.78 is 44.2. The second-order valence-electron chi connectivity index (χ2n) is 4.12. The molecule has 104 valence electrons. The van der Waals surface area contributed by atoms with Crippen LogP contribution in [0.3, 0.4) is 0 Å². The number of hydrogen-bond acceptors (Lipinski definition) is 2. The second kappa shape index (κ2) is 5.36. The van der Waals surface area contributed by atoms with Crippen molar-refractivity contribution in [2.45, 2.75) is 6.18 Å². The van der Waals surface area contributed by atoms with Gasteiger partial charge in [0, 0.05) is 11.1 Å². The third-order valence-corrected chi connectivity index (χ3v) is 2.88. The monoisotopic (exact) mass is 280 g/mol. The summed E-state index contributed by atoms with van der Waals surface area (Å²) >= 11 is 0. The van der Waals surface area contributed by atoms with Crippen LogP contribution in [0, 0.1) is 0 Å². The van der Waals surface area contributed by atoms with Crippen molar-refractivity contribution in [2.24, 2.45) is 0 Å². The largest absolute Gasteiger partial charge is 0.496 e. The fraction of sp³-hybridized carbons (Fsp3) is 0.133. The highest BCUT2D eigenvalue weighted by Gasteiger charge is 2.33. The van der Waals surface area contributed by atoms with Crippen LogP contribution in [-0.4, -0.2) is 13.4 Å². The van der Waals surface area contributed by atoms with Gasteiger partial charge in [-0.15, -0.1) is 0 Å². The maximum Gasteiger partial charge on any atom is 0.417 e. The van der Waals surface area contributed by atoms with Gasteiger partial charge in [0.05, 0.1) is 12.7 Å². The number of carbonyl (C=O) groups excluding carboxylic acids is 1. The normalized spacial score (nSPS) is 11.2.